The minimum atomic E-state index is -0.322. The van der Waals surface area contributed by atoms with Crippen molar-refractivity contribution in [1.29, 1.82) is 0 Å². The van der Waals surface area contributed by atoms with Gasteiger partial charge in [-0.15, -0.1) is 11.3 Å². The Hall–Kier alpha value is -3.98. The molecule has 0 radical (unpaired) electrons. The number of rotatable bonds is 7. The Morgan fingerprint density at radius 3 is 2.72 bits per heavy atom. The van der Waals surface area contributed by atoms with E-state index in [1.807, 2.05) is 30.3 Å². The SMILES string of the molecule is COc1cc(C=C2C(=O)N(c3ccccc3)N=C2C)ccc1OCC(=O)Nc1nccs1. The predicted molar refractivity (Wildman–Crippen MR) is 124 cm³/mol. The fourth-order valence-corrected chi connectivity index (χ4v) is 3.62. The lowest BCUT2D eigenvalue weighted by atomic mass is 10.1. The second-order valence-corrected chi connectivity index (χ2v) is 7.67. The summed E-state index contributed by atoms with van der Waals surface area (Å²) in [7, 11) is 1.51. The fraction of sp³-hybridized carbons (Fsp3) is 0.130. The zero-order valence-electron chi connectivity index (χ0n) is 17.4. The predicted octanol–water partition coefficient (Wildman–Crippen LogP) is 3.98. The molecule has 1 N–H and O–H groups in total. The molecule has 1 aliphatic heterocycles. The maximum Gasteiger partial charge on any atom is 0.280 e. The number of nitrogens with zero attached hydrogens (tertiary/aromatic N) is 3. The maximum absolute atomic E-state index is 12.9. The van der Waals surface area contributed by atoms with E-state index in [0.29, 0.717) is 33.6 Å². The smallest absolute Gasteiger partial charge is 0.280 e. The van der Waals surface area contributed by atoms with Gasteiger partial charge < -0.3 is 9.47 Å². The van der Waals surface area contributed by atoms with Crippen LogP contribution in [0.2, 0.25) is 0 Å². The van der Waals surface area contributed by atoms with Gasteiger partial charge in [-0.05, 0) is 42.8 Å². The fourth-order valence-electron chi connectivity index (χ4n) is 3.07. The number of amides is 2. The highest BCUT2D eigenvalue weighted by Gasteiger charge is 2.28. The van der Waals surface area contributed by atoms with Gasteiger partial charge in [0, 0.05) is 11.6 Å². The Labute approximate surface area is 188 Å². The number of hydrazone groups is 1. The molecule has 0 spiro atoms. The summed E-state index contributed by atoms with van der Waals surface area (Å²) >= 11 is 1.33. The second-order valence-electron chi connectivity index (χ2n) is 6.78. The summed E-state index contributed by atoms with van der Waals surface area (Å²) in [5.74, 6) is 0.337. The first-order valence-electron chi connectivity index (χ1n) is 9.72. The van der Waals surface area contributed by atoms with Crippen LogP contribution in [0.15, 0.2) is 70.8 Å². The molecule has 0 atom stereocenters. The Morgan fingerprint density at radius 2 is 2.00 bits per heavy atom. The maximum atomic E-state index is 12.9. The van der Waals surface area contributed by atoms with Gasteiger partial charge in [-0.25, -0.2) is 4.98 Å². The summed E-state index contributed by atoms with van der Waals surface area (Å²) < 4.78 is 11.0. The van der Waals surface area contributed by atoms with Crippen LogP contribution >= 0.6 is 11.3 Å². The molecule has 1 aliphatic rings. The largest absolute Gasteiger partial charge is 0.493 e. The molecule has 0 aliphatic carbocycles. The van der Waals surface area contributed by atoms with Gasteiger partial charge in [0.2, 0.25) is 0 Å². The molecule has 4 rings (SSSR count). The molecule has 0 fully saturated rings. The van der Waals surface area contributed by atoms with Crippen LogP contribution in [0.25, 0.3) is 6.08 Å². The number of para-hydroxylation sites is 1. The zero-order valence-corrected chi connectivity index (χ0v) is 18.3. The number of hydrogen-bond donors (Lipinski definition) is 1. The third kappa shape index (κ3) is 4.68. The van der Waals surface area contributed by atoms with Crippen LogP contribution in [0, 0.1) is 0 Å². The van der Waals surface area contributed by atoms with Gasteiger partial charge in [-0.2, -0.15) is 10.1 Å². The highest BCUT2D eigenvalue weighted by Crippen LogP contribution is 2.30. The quantitative estimate of drug-likeness (QED) is 0.552. The first-order chi connectivity index (χ1) is 15.5. The van der Waals surface area contributed by atoms with Gasteiger partial charge in [0.15, 0.2) is 23.2 Å². The van der Waals surface area contributed by atoms with Gasteiger partial charge in [0.25, 0.3) is 11.8 Å². The average molecular weight is 449 g/mol. The van der Waals surface area contributed by atoms with Crippen molar-refractivity contribution in [2.45, 2.75) is 6.92 Å². The molecule has 2 heterocycles. The second kappa shape index (κ2) is 9.44. The van der Waals surface area contributed by atoms with Crippen molar-refractivity contribution in [2.24, 2.45) is 5.10 Å². The van der Waals surface area contributed by atoms with Crippen LogP contribution in [0.3, 0.4) is 0 Å². The van der Waals surface area contributed by atoms with Gasteiger partial charge >= 0.3 is 0 Å². The normalized spacial score (nSPS) is 14.4. The Morgan fingerprint density at radius 1 is 1.19 bits per heavy atom. The van der Waals surface area contributed by atoms with E-state index in [2.05, 4.69) is 15.4 Å². The first kappa shape index (κ1) is 21.3. The molecular weight excluding hydrogens is 428 g/mol. The van der Waals surface area contributed by atoms with Gasteiger partial charge in [-0.3, -0.25) is 14.9 Å². The van der Waals surface area contributed by atoms with Crippen LogP contribution in [-0.4, -0.2) is 36.2 Å². The molecule has 2 aromatic carbocycles. The van der Waals surface area contributed by atoms with Crippen LogP contribution in [0.1, 0.15) is 12.5 Å². The minimum absolute atomic E-state index is 0.188. The molecule has 2 amide bonds. The molecule has 0 saturated carbocycles. The zero-order chi connectivity index (χ0) is 22.5. The lowest BCUT2D eigenvalue weighted by Gasteiger charge is -2.12. The first-order valence-corrected chi connectivity index (χ1v) is 10.6. The van der Waals surface area contributed by atoms with Crippen molar-refractivity contribution >= 4 is 45.8 Å². The lowest BCUT2D eigenvalue weighted by molar-refractivity contribution is -0.118. The number of benzene rings is 2. The molecule has 9 heteroatoms. The number of thiazole rings is 1. The van der Waals surface area contributed by atoms with E-state index in [4.69, 9.17) is 9.47 Å². The number of carbonyl (C=O) groups excluding carboxylic acids is 2. The molecule has 8 nitrogen and oxygen atoms in total. The number of methoxy groups -OCH3 is 1. The molecule has 0 bridgehead atoms. The van der Waals surface area contributed by atoms with Crippen molar-refractivity contribution in [3.05, 3.63) is 71.2 Å². The monoisotopic (exact) mass is 448 g/mol. The number of anilines is 2. The summed E-state index contributed by atoms with van der Waals surface area (Å²) in [6, 6.07) is 14.5. The number of carbonyl (C=O) groups is 2. The molecule has 32 heavy (non-hydrogen) atoms. The molecule has 1 aromatic heterocycles. The molecular formula is C23H20N4O4S. The van der Waals surface area contributed by atoms with Crippen LogP contribution in [0.5, 0.6) is 11.5 Å². The molecule has 0 unspecified atom stereocenters. The number of hydrogen-bond acceptors (Lipinski definition) is 7. The van der Waals surface area contributed by atoms with E-state index in [9.17, 15) is 9.59 Å². The van der Waals surface area contributed by atoms with E-state index >= 15 is 0 Å². The topological polar surface area (TPSA) is 93.1 Å². The van der Waals surface area contributed by atoms with Crippen molar-refractivity contribution in [3.63, 3.8) is 0 Å². The number of ether oxygens (including phenoxy) is 2. The van der Waals surface area contributed by atoms with E-state index in [1.165, 1.54) is 23.5 Å². The third-order valence-electron chi connectivity index (χ3n) is 4.60. The Bertz CT molecular complexity index is 1190. The standard InChI is InChI=1S/C23H20N4O4S/c1-15-18(22(29)27(26-15)17-6-4-3-5-7-17)12-16-8-9-19(20(13-16)30-2)31-14-21(28)25-23-24-10-11-32-23/h3-13H,14H2,1-2H3,(H,24,25,28). The summed E-state index contributed by atoms with van der Waals surface area (Å²) in [6.07, 6.45) is 3.36. The number of nitrogens with one attached hydrogen (secondary N) is 1. The molecule has 0 saturated heterocycles. The van der Waals surface area contributed by atoms with E-state index in [1.54, 1.807) is 42.8 Å². The van der Waals surface area contributed by atoms with Gasteiger partial charge in [0.05, 0.1) is 24.1 Å². The average Bonchev–Trinajstić information content (AvgIpc) is 3.42. The van der Waals surface area contributed by atoms with Gasteiger partial charge in [-0.1, -0.05) is 24.3 Å². The van der Waals surface area contributed by atoms with E-state index in [-0.39, 0.29) is 18.4 Å². The lowest BCUT2D eigenvalue weighted by Crippen LogP contribution is -2.21. The highest BCUT2D eigenvalue weighted by atomic mass is 32.1. The van der Waals surface area contributed by atoms with Crippen LogP contribution in [-0.2, 0) is 9.59 Å². The summed E-state index contributed by atoms with van der Waals surface area (Å²) in [6.45, 7) is 1.61. The van der Waals surface area contributed by atoms with E-state index < -0.39 is 0 Å². The summed E-state index contributed by atoms with van der Waals surface area (Å²) in [4.78, 5) is 28.9. The van der Waals surface area contributed by atoms with Gasteiger partial charge in [0.1, 0.15) is 0 Å². The van der Waals surface area contributed by atoms with Crippen molar-refractivity contribution in [2.75, 3.05) is 24.0 Å². The van der Waals surface area contributed by atoms with Crippen LogP contribution in [0.4, 0.5) is 10.8 Å². The third-order valence-corrected chi connectivity index (χ3v) is 5.29. The Kier molecular flexibility index (Phi) is 6.27. The Balaban J connectivity index is 1.48. The number of aromatic nitrogens is 1. The van der Waals surface area contributed by atoms with Crippen molar-refractivity contribution in [3.8, 4) is 11.5 Å². The molecule has 3 aromatic rings. The minimum Gasteiger partial charge on any atom is -0.493 e. The van der Waals surface area contributed by atoms with Crippen molar-refractivity contribution in [1.82, 2.24) is 4.98 Å². The molecule has 162 valence electrons. The summed E-state index contributed by atoms with van der Waals surface area (Å²) in [5.41, 5.74) is 2.57. The van der Waals surface area contributed by atoms with E-state index in [0.717, 1.165) is 5.56 Å². The van der Waals surface area contributed by atoms with Crippen molar-refractivity contribution < 1.29 is 19.1 Å². The summed E-state index contributed by atoms with van der Waals surface area (Å²) in [5, 5.41) is 10.7. The van der Waals surface area contributed by atoms with Crippen LogP contribution < -0.4 is 19.8 Å². The highest BCUT2D eigenvalue weighted by molar-refractivity contribution is 7.13.